The van der Waals surface area contributed by atoms with E-state index in [1.807, 2.05) is 37.3 Å². The number of carbonyl (C=O) groups excluding carboxylic acids is 2. The van der Waals surface area contributed by atoms with E-state index in [1.54, 1.807) is 30.2 Å². The number of allylic oxidation sites excluding steroid dienone is 1. The molecule has 2 aromatic rings. The zero-order valence-electron chi connectivity index (χ0n) is 20.6. The molecule has 6 rings (SSSR count). The molecule has 1 unspecified atom stereocenters. The number of nitrogens with zero attached hydrogens (tertiary/aromatic N) is 2. The van der Waals surface area contributed by atoms with E-state index >= 15 is 0 Å². The van der Waals surface area contributed by atoms with Gasteiger partial charge in [0.25, 0.3) is 5.69 Å². The maximum Gasteiger partial charge on any atom is 0.342 e. The van der Waals surface area contributed by atoms with Crippen molar-refractivity contribution in [2.45, 2.75) is 56.5 Å². The van der Waals surface area contributed by atoms with Crippen molar-refractivity contribution < 1.29 is 29.2 Å². The molecule has 7 atom stereocenters. The molecule has 0 amide bonds. The summed E-state index contributed by atoms with van der Waals surface area (Å²) in [4.78, 5) is 44.3. The van der Waals surface area contributed by atoms with Crippen LogP contribution in [-0.2, 0) is 19.2 Å². The van der Waals surface area contributed by atoms with Crippen LogP contribution in [0, 0.1) is 27.4 Å². The SMILES string of the molecule is C[C@H]1CC[C@@H]2[C@@H](OC(=O)C23C[C@H](c2ccc([N+](=O)[O-])cc2)N(c2ccccc2)O3)[C@]2(C)C(=O)C=C[C@@]12O. The number of aliphatic hydroxyl groups is 1. The number of hydroxylamine groups is 1. The predicted octanol–water partition coefficient (Wildman–Crippen LogP) is 4.06. The van der Waals surface area contributed by atoms with Crippen LogP contribution in [0.2, 0.25) is 0 Å². The van der Waals surface area contributed by atoms with Gasteiger partial charge >= 0.3 is 5.97 Å². The molecule has 1 saturated carbocycles. The number of fused-ring (bicyclic) bond motifs is 4. The smallest absolute Gasteiger partial charge is 0.342 e. The van der Waals surface area contributed by atoms with Gasteiger partial charge in [0.15, 0.2) is 5.78 Å². The topological polar surface area (TPSA) is 119 Å². The minimum atomic E-state index is -1.43. The molecule has 2 heterocycles. The molecule has 0 bridgehead atoms. The van der Waals surface area contributed by atoms with Crippen molar-refractivity contribution in [3.63, 3.8) is 0 Å². The zero-order chi connectivity index (χ0) is 26.2. The highest BCUT2D eigenvalue weighted by Gasteiger charge is 2.74. The Hall–Kier alpha value is -3.56. The summed E-state index contributed by atoms with van der Waals surface area (Å²) < 4.78 is 6.00. The summed E-state index contributed by atoms with van der Waals surface area (Å²) in [5.74, 6) is -1.50. The molecule has 1 spiro atoms. The average Bonchev–Trinajstić information content (AvgIpc) is 3.49. The number of esters is 1. The van der Waals surface area contributed by atoms with Gasteiger partial charge in [-0.05, 0) is 55.5 Å². The fraction of sp³-hybridized carbons (Fsp3) is 0.429. The van der Waals surface area contributed by atoms with Gasteiger partial charge in [-0.3, -0.25) is 19.7 Å². The minimum Gasteiger partial charge on any atom is -0.459 e. The third-order valence-corrected chi connectivity index (χ3v) is 9.15. The van der Waals surface area contributed by atoms with E-state index in [-0.39, 0.29) is 23.8 Å². The lowest BCUT2D eigenvalue weighted by molar-refractivity contribution is -0.384. The molecular formula is C28H28N2O7. The third kappa shape index (κ3) is 3.10. The van der Waals surface area contributed by atoms with Crippen molar-refractivity contribution in [2.24, 2.45) is 17.3 Å². The summed E-state index contributed by atoms with van der Waals surface area (Å²) in [6.07, 6.45) is 3.47. The number of hydrogen-bond donors (Lipinski definition) is 1. The van der Waals surface area contributed by atoms with E-state index in [9.17, 15) is 24.8 Å². The first-order valence-corrected chi connectivity index (χ1v) is 12.6. The summed E-state index contributed by atoms with van der Waals surface area (Å²) in [5.41, 5.74) is -2.66. The number of ketones is 1. The minimum absolute atomic E-state index is 0.0267. The standard InChI is InChI=1S/C28H28N2O7/c1-17-8-13-21-24(26(2)23(31)14-15-28(17,26)33)36-25(32)27(21)16-22(18-9-11-20(12-10-18)30(34)35)29(37-27)19-6-4-3-5-7-19/h3-7,9-12,14-15,17,21-22,24,33H,8,13,16H2,1-2H3/t17-,21+,22+,24+,26-,27?,28+/m0/s1. The Kier molecular flexibility index (Phi) is 5.13. The van der Waals surface area contributed by atoms with Crippen LogP contribution in [0.1, 0.15) is 44.7 Å². The summed E-state index contributed by atoms with van der Waals surface area (Å²) in [5, 5.41) is 24.6. The molecule has 0 aromatic heterocycles. The van der Waals surface area contributed by atoms with Gasteiger partial charge in [-0.2, -0.15) is 0 Å². The van der Waals surface area contributed by atoms with Crippen molar-refractivity contribution in [2.75, 3.05) is 5.06 Å². The first-order valence-electron chi connectivity index (χ1n) is 12.6. The second kappa shape index (κ2) is 7.97. The van der Waals surface area contributed by atoms with Crippen LogP contribution >= 0.6 is 0 Å². The maximum atomic E-state index is 13.7. The molecule has 192 valence electrons. The number of benzene rings is 2. The quantitative estimate of drug-likeness (QED) is 0.378. The molecule has 9 nitrogen and oxygen atoms in total. The van der Waals surface area contributed by atoms with Crippen molar-refractivity contribution >= 4 is 23.1 Å². The second-order valence-corrected chi connectivity index (χ2v) is 10.8. The number of rotatable bonds is 3. The predicted molar refractivity (Wildman–Crippen MR) is 132 cm³/mol. The maximum absolute atomic E-state index is 13.7. The Morgan fingerprint density at radius 1 is 1.08 bits per heavy atom. The van der Waals surface area contributed by atoms with Crippen LogP contribution in [0.15, 0.2) is 66.7 Å². The zero-order valence-corrected chi connectivity index (χ0v) is 20.6. The van der Waals surface area contributed by atoms with Gasteiger partial charge in [-0.15, -0.1) is 0 Å². The highest BCUT2D eigenvalue weighted by atomic mass is 16.7. The van der Waals surface area contributed by atoms with Crippen molar-refractivity contribution in [3.8, 4) is 0 Å². The Balaban J connectivity index is 1.44. The van der Waals surface area contributed by atoms with E-state index in [1.165, 1.54) is 18.2 Å². The molecule has 4 aliphatic rings. The molecule has 2 aromatic carbocycles. The van der Waals surface area contributed by atoms with Gasteiger partial charge in [0, 0.05) is 24.5 Å². The number of hydrogen-bond acceptors (Lipinski definition) is 8. The Morgan fingerprint density at radius 3 is 2.46 bits per heavy atom. The fourth-order valence-electron chi connectivity index (χ4n) is 6.90. The summed E-state index contributed by atoms with van der Waals surface area (Å²) in [6.45, 7) is 3.61. The highest BCUT2D eigenvalue weighted by Crippen LogP contribution is 2.61. The van der Waals surface area contributed by atoms with Gasteiger partial charge in [0.05, 0.1) is 22.1 Å². The average molecular weight is 505 g/mol. The Morgan fingerprint density at radius 2 is 1.78 bits per heavy atom. The Labute approximate surface area is 213 Å². The molecular weight excluding hydrogens is 476 g/mol. The number of para-hydroxylation sites is 1. The summed E-state index contributed by atoms with van der Waals surface area (Å²) in [7, 11) is 0. The van der Waals surface area contributed by atoms with Crippen LogP contribution in [-0.4, -0.2) is 39.1 Å². The first kappa shape index (κ1) is 23.8. The molecule has 2 aliphatic carbocycles. The van der Waals surface area contributed by atoms with Crippen LogP contribution in [0.25, 0.3) is 0 Å². The number of ether oxygens (including phenoxy) is 1. The summed E-state index contributed by atoms with van der Waals surface area (Å²) >= 11 is 0. The van der Waals surface area contributed by atoms with Crippen LogP contribution in [0.3, 0.4) is 0 Å². The second-order valence-electron chi connectivity index (χ2n) is 10.8. The largest absolute Gasteiger partial charge is 0.459 e. The van der Waals surface area contributed by atoms with Crippen molar-refractivity contribution in [3.05, 3.63) is 82.4 Å². The fourth-order valence-corrected chi connectivity index (χ4v) is 6.90. The monoisotopic (exact) mass is 504 g/mol. The first-order chi connectivity index (χ1) is 17.6. The molecule has 2 aliphatic heterocycles. The van der Waals surface area contributed by atoms with Gasteiger partial charge in [-0.1, -0.05) is 37.3 Å². The lowest BCUT2D eigenvalue weighted by Gasteiger charge is -2.43. The molecule has 1 N–H and O–H groups in total. The molecule has 37 heavy (non-hydrogen) atoms. The molecule has 0 radical (unpaired) electrons. The molecule has 3 fully saturated rings. The van der Waals surface area contributed by atoms with E-state index < -0.39 is 45.6 Å². The van der Waals surface area contributed by atoms with Crippen LogP contribution < -0.4 is 5.06 Å². The number of non-ortho nitro benzene ring substituents is 1. The van der Waals surface area contributed by atoms with Gasteiger partial charge < -0.3 is 9.84 Å². The Bertz CT molecular complexity index is 1310. The van der Waals surface area contributed by atoms with Crippen molar-refractivity contribution in [1.82, 2.24) is 0 Å². The molecule has 2 saturated heterocycles. The van der Waals surface area contributed by atoms with E-state index in [2.05, 4.69) is 0 Å². The number of carbonyl (C=O) groups is 2. The third-order valence-electron chi connectivity index (χ3n) is 9.15. The lowest BCUT2D eigenvalue weighted by atomic mass is 9.63. The molecule has 9 heteroatoms. The van der Waals surface area contributed by atoms with Crippen LogP contribution in [0.5, 0.6) is 0 Å². The number of nitro benzene ring substituents is 1. The van der Waals surface area contributed by atoms with E-state index in [4.69, 9.17) is 9.57 Å². The van der Waals surface area contributed by atoms with Gasteiger partial charge in [0.1, 0.15) is 11.7 Å². The van der Waals surface area contributed by atoms with E-state index in [0.717, 1.165) is 11.3 Å². The number of anilines is 1. The highest BCUT2D eigenvalue weighted by molar-refractivity contribution is 6.00. The summed E-state index contributed by atoms with van der Waals surface area (Å²) in [6, 6.07) is 15.2. The van der Waals surface area contributed by atoms with Crippen molar-refractivity contribution in [1.29, 1.82) is 0 Å². The number of nitro groups is 1. The van der Waals surface area contributed by atoms with Crippen LogP contribution in [0.4, 0.5) is 11.4 Å². The van der Waals surface area contributed by atoms with E-state index in [0.29, 0.717) is 12.8 Å². The van der Waals surface area contributed by atoms with Gasteiger partial charge in [-0.25, -0.2) is 9.86 Å². The lowest BCUT2D eigenvalue weighted by Crippen LogP contribution is -2.57. The van der Waals surface area contributed by atoms with Gasteiger partial charge in [0.2, 0.25) is 5.60 Å². The normalized spacial score (nSPS) is 38.4.